The molecule has 0 fully saturated rings. The SMILES string of the molecule is O=C1COc2ccccc2N1c1c(-c2ccccc2)c2ccccc2[nH]c1=O. The number of rotatable bonds is 2. The van der Waals surface area contributed by atoms with E-state index >= 15 is 0 Å². The average molecular weight is 368 g/mol. The minimum absolute atomic E-state index is 0.114. The molecule has 5 nitrogen and oxygen atoms in total. The van der Waals surface area contributed by atoms with Crippen LogP contribution >= 0.6 is 0 Å². The first kappa shape index (κ1) is 16.3. The number of hydrogen-bond donors (Lipinski definition) is 1. The number of para-hydroxylation sites is 3. The summed E-state index contributed by atoms with van der Waals surface area (Å²) >= 11 is 0. The molecule has 1 aromatic heterocycles. The van der Waals surface area contributed by atoms with Gasteiger partial charge in [0.25, 0.3) is 11.5 Å². The number of hydrogen-bond acceptors (Lipinski definition) is 3. The van der Waals surface area contributed by atoms with E-state index < -0.39 is 0 Å². The fraction of sp³-hybridized carbons (Fsp3) is 0.0435. The lowest BCUT2D eigenvalue weighted by Crippen LogP contribution is -2.38. The van der Waals surface area contributed by atoms with E-state index in [1.54, 1.807) is 12.1 Å². The molecule has 0 unspecified atom stereocenters. The fourth-order valence-corrected chi connectivity index (χ4v) is 3.69. The van der Waals surface area contributed by atoms with E-state index in [9.17, 15) is 9.59 Å². The van der Waals surface area contributed by atoms with Crippen LogP contribution < -0.4 is 15.2 Å². The van der Waals surface area contributed by atoms with Crippen LogP contribution in [0.15, 0.2) is 83.7 Å². The van der Waals surface area contributed by atoms with Crippen LogP contribution in [0.3, 0.4) is 0 Å². The van der Waals surface area contributed by atoms with Crippen molar-refractivity contribution in [3.8, 4) is 16.9 Å². The molecule has 28 heavy (non-hydrogen) atoms. The molecular formula is C23H16N2O3. The Morgan fingerprint density at radius 1 is 0.821 bits per heavy atom. The second-order valence-corrected chi connectivity index (χ2v) is 6.57. The van der Waals surface area contributed by atoms with E-state index in [4.69, 9.17) is 4.74 Å². The van der Waals surface area contributed by atoms with Crippen LogP contribution in [0.4, 0.5) is 11.4 Å². The quantitative estimate of drug-likeness (QED) is 0.575. The zero-order valence-electron chi connectivity index (χ0n) is 14.9. The summed E-state index contributed by atoms with van der Waals surface area (Å²) in [5.41, 5.74) is 2.88. The molecule has 5 heteroatoms. The van der Waals surface area contributed by atoms with Gasteiger partial charge in [-0.15, -0.1) is 0 Å². The third-order valence-corrected chi connectivity index (χ3v) is 4.89. The number of fused-ring (bicyclic) bond motifs is 2. The van der Waals surface area contributed by atoms with E-state index in [1.807, 2.05) is 66.7 Å². The third kappa shape index (κ3) is 2.48. The number of amides is 1. The van der Waals surface area contributed by atoms with Gasteiger partial charge in [-0.05, 0) is 23.8 Å². The van der Waals surface area contributed by atoms with Crippen molar-refractivity contribution in [1.82, 2.24) is 4.98 Å². The van der Waals surface area contributed by atoms with Crippen molar-refractivity contribution < 1.29 is 9.53 Å². The van der Waals surface area contributed by atoms with Gasteiger partial charge in [0.15, 0.2) is 6.61 Å². The zero-order valence-corrected chi connectivity index (χ0v) is 14.9. The Bertz CT molecular complexity index is 1260. The Balaban J connectivity index is 1.90. The van der Waals surface area contributed by atoms with E-state index in [-0.39, 0.29) is 18.1 Å². The van der Waals surface area contributed by atoms with E-state index in [0.29, 0.717) is 17.1 Å². The highest BCUT2D eigenvalue weighted by Gasteiger charge is 2.31. The second-order valence-electron chi connectivity index (χ2n) is 6.57. The maximum absolute atomic E-state index is 13.2. The number of H-pyrrole nitrogens is 1. The molecule has 0 spiro atoms. The van der Waals surface area contributed by atoms with Gasteiger partial charge in [0.05, 0.1) is 5.69 Å². The van der Waals surface area contributed by atoms with Gasteiger partial charge < -0.3 is 9.72 Å². The minimum Gasteiger partial charge on any atom is -0.482 e. The summed E-state index contributed by atoms with van der Waals surface area (Å²) in [4.78, 5) is 30.5. The first-order chi connectivity index (χ1) is 13.7. The summed E-state index contributed by atoms with van der Waals surface area (Å²) in [6.07, 6.45) is 0. The molecule has 0 bridgehead atoms. The van der Waals surface area contributed by atoms with Crippen molar-refractivity contribution in [2.24, 2.45) is 0 Å². The van der Waals surface area contributed by atoms with Crippen molar-refractivity contribution >= 4 is 28.2 Å². The highest BCUT2D eigenvalue weighted by molar-refractivity contribution is 6.11. The average Bonchev–Trinajstić information content (AvgIpc) is 2.74. The van der Waals surface area contributed by atoms with Gasteiger partial charge in [0, 0.05) is 16.5 Å². The molecule has 1 aliphatic rings. The van der Waals surface area contributed by atoms with Gasteiger partial charge >= 0.3 is 0 Å². The van der Waals surface area contributed by atoms with Gasteiger partial charge in [-0.3, -0.25) is 14.5 Å². The number of benzene rings is 3. The van der Waals surface area contributed by atoms with Gasteiger partial charge in [-0.1, -0.05) is 60.7 Å². The van der Waals surface area contributed by atoms with Gasteiger partial charge in [-0.25, -0.2) is 0 Å². The lowest BCUT2D eigenvalue weighted by molar-refractivity contribution is -0.120. The number of ether oxygens (including phenoxy) is 1. The lowest BCUT2D eigenvalue weighted by Gasteiger charge is -2.30. The Hall–Kier alpha value is -3.86. The largest absolute Gasteiger partial charge is 0.482 e. The number of nitrogens with one attached hydrogen (secondary N) is 1. The fourth-order valence-electron chi connectivity index (χ4n) is 3.69. The number of pyridine rings is 1. The number of anilines is 2. The summed E-state index contributed by atoms with van der Waals surface area (Å²) in [5, 5.41) is 0.875. The first-order valence-corrected chi connectivity index (χ1v) is 8.99. The smallest absolute Gasteiger partial charge is 0.273 e. The van der Waals surface area contributed by atoms with Crippen molar-refractivity contribution in [2.45, 2.75) is 0 Å². The summed E-state index contributed by atoms with van der Waals surface area (Å²) in [6.45, 7) is -0.114. The Morgan fingerprint density at radius 2 is 1.54 bits per heavy atom. The summed E-state index contributed by atoms with van der Waals surface area (Å²) < 4.78 is 5.56. The normalized spacial score (nSPS) is 13.3. The van der Waals surface area contributed by atoms with Crippen LogP contribution in [-0.2, 0) is 4.79 Å². The molecule has 4 aromatic rings. The molecule has 136 valence electrons. The van der Waals surface area contributed by atoms with Crippen molar-refractivity contribution in [1.29, 1.82) is 0 Å². The van der Waals surface area contributed by atoms with E-state index in [2.05, 4.69) is 4.98 Å². The molecule has 5 rings (SSSR count). The van der Waals surface area contributed by atoms with Gasteiger partial charge in [0.1, 0.15) is 11.4 Å². The molecule has 1 aliphatic heterocycles. The number of aromatic nitrogens is 1. The maximum Gasteiger partial charge on any atom is 0.273 e. The summed E-state index contributed by atoms with van der Waals surface area (Å²) in [6, 6.07) is 24.5. The Labute approximate surface area is 160 Å². The lowest BCUT2D eigenvalue weighted by atomic mass is 9.98. The topological polar surface area (TPSA) is 62.4 Å². The molecule has 0 radical (unpaired) electrons. The molecular weight excluding hydrogens is 352 g/mol. The highest BCUT2D eigenvalue weighted by atomic mass is 16.5. The Kier molecular flexibility index (Phi) is 3.72. The van der Waals surface area contributed by atoms with Gasteiger partial charge in [0.2, 0.25) is 0 Å². The van der Waals surface area contributed by atoms with Crippen LogP contribution in [0.1, 0.15) is 0 Å². The van der Waals surface area contributed by atoms with Crippen LogP contribution in [0, 0.1) is 0 Å². The monoisotopic (exact) mass is 368 g/mol. The number of carbonyl (C=O) groups is 1. The zero-order chi connectivity index (χ0) is 19.1. The highest BCUT2D eigenvalue weighted by Crippen LogP contribution is 2.41. The predicted molar refractivity (Wildman–Crippen MR) is 109 cm³/mol. The van der Waals surface area contributed by atoms with Gasteiger partial charge in [-0.2, -0.15) is 0 Å². The molecule has 1 N–H and O–H groups in total. The van der Waals surface area contributed by atoms with E-state index in [1.165, 1.54) is 4.90 Å². The van der Waals surface area contributed by atoms with Crippen molar-refractivity contribution in [3.05, 3.63) is 89.2 Å². The molecule has 0 saturated heterocycles. The molecule has 0 saturated carbocycles. The van der Waals surface area contributed by atoms with Crippen molar-refractivity contribution in [3.63, 3.8) is 0 Å². The van der Waals surface area contributed by atoms with E-state index in [0.717, 1.165) is 22.0 Å². The molecule has 0 atom stereocenters. The van der Waals surface area contributed by atoms with Crippen LogP contribution in [-0.4, -0.2) is 17.5 Å². The molecule has 1 amide bonds. The third-order valence-electron chi connectivity index (χ3n) is 4.89. The van der Waals surface area contributed by atoms with Crippen molar-refractivity contribution in [2.75, 3.05) is 11.5 Å². The van der Waals surface area contributed by atoms with Crippen LogP contribution in [0.25, 0.3) is 22.0 Å². The number of carbonyl (C=O) groups excluding carboxylic acids is 1. The first-order valence-electron chi connectivity index (χ1n) is 8.99. The minimum atomic E-state index is -0.317. The molecule has 0 aliphatic carbocycles. The number of aromatic amines is 1. The maximum atomic E-state index is 13.2. The van der Waals surface area contributed by atoms with Crippen LogP contribution in [0.5, 0.6) is 5.75 Å². The standard InChI is InChI=1S/C23H16N2O3/c26-20-14-28-19-13-7-6-12-18(19)25(20)22-21(15-8-2-1-3-9-15)16-10-4-5-11-17(16)24-23(22)27/h1-13H,14H2,(H,24,27). The second kappa shape index (κ2) is 6.39. The Morgan fingerprint density at radius 3 is 2.39 bits per heavy atom. The number of nitrogens with zero attached hydrogens (tertiary/aromatic N) is 1. The molecule has 2 heterocycles. The van der Waals surface area contributed by atoms with Crippen LogP contribution in [0.2, 0.25) is 0 Å². The summed E-state index contributed by atoms with van der Waals surface area (Å²) in [5.74, 6) is 0.297. The summed E-state index contributed by atoms with van der Waals surface area (Å²) in [7, 11) is 0. The molecule has 3 aromatic carbocycles. The predicted octanol–water partition coefficient (Wildman–Crippen LogP) is 4.25.